The second-order valence-corrected chi connectivity index (χ2v) is 6.73. The van der Waals surface area contributed by atoms with Gasteiger partial charge < -0.3 is 19.8 Å². The van der Waals surface area contributed by atoms with Gasteiger partial charge in [-0.2, -0.15) is 0 Å². The van der Waals surface area contributed by atoms with E-state index in [0.717, 1.165) is 23.3 Å². The predicted molar refractivity (Wildman–Crippen MR) is 108 cm³/mol. The number of H-pyrrole nitrogens is 1. The zero-order chi connectivity index (χ0) is 20.1. The van der Waals surface area contributed by atoms with E-state index in [0.29, 0.717) is 37.0 Å². The van der Waals surface area contributed by atoms with Crippen LogP contribution in [0.15, 0.2) is 59.4 Å². The van der Waals surface area contributed by atoms with Crippen LogP contribution in [-0.2, 0) is 17.8 Å². The van der Waals surface area contributed by atoms with E-state index >= 15 is 0 Å². The Balaban J connectivity index is 1.41. The number of amides is 1. The van der Waals surface area contributed by atoms with Crippen molar-refractivity contribution in [3.8, 4) is 22.8 Å². The van der Waals surface area contributed by atoms with E-state index < -0.39 is 0 Å². The molecule has 2 heterocycles. The third-order valence-electron chi connectivity index (χ3n) is 4.49. The molecular formula is C22H21N3O4. The Morgan fingerprint density at radius 3 is 2.66 bits per heavy atom. The highest BCUT2D eigenvalue weighted by molar-refractivity contribution is 5.77. The van der Waals surface area contributed by atoms with Crippen LogP contribution in [0.5, 0.6) is 11.5 Å². The fourth-order valence-corrected chi connectivity index (χ4v) is 3.08. The van der Waals surface area contributed by atoms with Gasteiger partial charge in [0, 0.05) is 24.6 Å². The highest BCUT2D eigenvalue weighted by Crippen LogP contribution is 2.30. The lowest BCUT2D eigenvalue weighted by atomic mass is 10.1. The van der Waals surface area contributed by atoms with Crippen LogP contribution in [0.4, 0.5) is 0 Å². The molecule has 0 saturated heterocycles. The molecule has 0 radical (unpaired) electrons. The Bertz CT molecular complexity index is 1060. The van der Waals surface area contributed by atoms with E-state index in [9.17, 15) is 9.59 Å². The van der Waals surface area contributed by atoms with Crippen LogP contribution in [0.25, 0.3) is 11.3 Å². The topological polar surface area (TPSA) is 93.3 Å². The highest BCUT2D eigenvalue weighted by atomic mass is 16.5. The normalized spacial score (nSPS) is 12.8. The molecule has 0 atom stereocenters. The van der Waals surface area contributed by atoms with Gasteiger partial charge in [0.2, 0.25) is 5.91 Å². The first kappa shape index (κ1) is 18.7. The van der Waals surface area contributed by atoms with E-state index in [-0.39, 0.29) is 17.9 Å². The van der Waals surface area contributed by atoms with Crippen molar-refractivity contribution in [1.29, 1.82) is 0 Å². The number of nitrogens with one attached hydrogen (secondary N) is 2. The number of hydrogen-bond acceptors (Lipinski definition) is 5. The zero-order valence-corrected chi connectivity index (χ0v) is 15.8. The van der Waals surface area contributed by atoms with Crippen molar-refractivity contribution >= 4 is 5.91 Å². The fourth-order valence-electron chi connectivity index (χ4n) is 3.08. The molecule has 0 spiro atoms. The molecule has 0 aliphatic carbocycles. The number of ether oxygens (including phenoxy) is 2. The van der Waals surface area contributed by atoms with Crippen LogP contribution in [0.2, 0.25) is 0 Å². The van der Waals surface area contributed by atoms with E-state index in [1.54, 1.807) is 0 Å². The third kappa shape index (κ3) is 4.82. The smallest absolute Gasteiger partial charge is 0.251 e. The van der Waals surface area contributed by atoms with Gasteiger partial charge in [-0.15, -0.1) is 0 Å². The van der Waals surface area contributed by atoms with Crippen molar-refractivity contribution < 1.29 is 14.3 Å². The van der Waals surface area contributed by atoms with Crippen LogP contribution < -0.4 is 20.3 Å². The Morgan fingerprint density at radius 2 is 1.83 bits per heavy atom. The molecule has 29 heavy (non-hydrogen) atoms. The Kier molecular flexibility index (Phi) is 5.56. The summed E-state index contributed by atoms with van der Waals surface area (Å²) in [5.74, 6) is 1.51. The highest BCUT2D eigenvalue weighted by Gasteiger charge is 2.12. The third-order valence-corrected chi connectivity index (χ3v) is 4.49. The molecule has 0 bridgehead atoms. The summed E-state index contributed by atoms with van der Waals surface area (Å²) in [5.41, 5.74) is 1.99. The molecule has 7 nitrogen and oxygen atoms in total. The molecule has 1 aliphatic rings. The summed E-state index contributed by atoms with van der Waals surface area (Å²) in [6.45, 7) is 1.59. The van der Waals surface area contributed by atoms with Gasteiger partial charge >= 0.3 is 0 Å². The van der Waals surface area contributed by atoms with Crippen molar-refractivity contribution in [3.05, 3.63) is 76.3 Å². The summed E-state index contributed by atoms with van der Waals surface area (Å²) in [6.07, 6.45) is 0.828. The molecule has 0 saturated carbocycles. The number of nitrogens with zero attached hydrogens (tertiary/aromatic N) is 1. The lowest BCUT2D eigenvalue weighted by molar-refractivity contribution is -0.120. The van der Waals surface area contributed by atoms with Gasteiger partial charge in [-0.3, -0.25) is 9.59 Å². The number of benzene rings is 2. The Morgan fingerprint density at radius 1 is 1.03 bits per heavy atom. The summed E-state index contributed by atoms with van der Waals surface area (Å²) >= 11 is 0. The maximum atomic E-state index is 12.4. The lowest BCUT2D eigenvalue weighted by Gasteiger charge is -2.10. The molecule has 7 heteroatoms. The molecule has 148 valence electrons. The number of fused-ring (bicyclic) bond motifs is 1. The molecule has 0 fully saturated rings. The van der Waals surface area contributed by atoms with E-state index in [1.165, 1.54) is 6.07 Å². The van der Waals surface area contributed by atoms with Crippen molar-refractivity contribution in [3.63, 3.8) is 0 Å². The van der Waals surface area contributed by atoms with Gasteiger partial charge in [0.25, 0.3) is 5.56 Å². The molecule has 2 aromatic carbocycles. The maximum Gasteiger partial charge on any atom is 0.251 e. The number of aromatic amines is 1. The Labute approximate surface area is 167 Å². The molecule has 2 N–H and O–H groups in total. The quantitative estimate of drug-likeness (QED) is 0.697. The van der Waals surface area contributed by atoms with Gasteiger partial charge in [0.1, 0.15) is 5.82 Å². The van der Waals surface area contributed by atoms with E-state index in [1.807, 2.05) is 48.5 Å². The monoisotopic (exact) mass is 391 g/mol. The number of aromatic nitrogens is 2. The number of hydrogen-bond donors (Lipinski definition) is 2. The lowest BCUT2D eigenvalue weighted by Crippen LogP contribution is -2.26. The first-order chi connectivity index (χ1) is 14.2. The van der Waals surface area contributed by atoms with Crippen LogP contribution >= 0.6 is 0 Å². The minimum absolute atomic E-state index is 0.0134. The summed E-state index contributed by atoms with van der Waals surface area (Å²) in [7, 11) is 0. The van der Waals surface area contributed by atoms with Gasteiger partial charge in [0.05, 0.1) is 25.3 Å². The van der Waals surface area contributed by atoms with Gasteiger partial charge in [-0.25, -0.2) is 4.98 Å². The minimum atomic E-state index is -0.287. The Hall–Kier alpha value is -3.61. The van der Waals surface area contributed by atoms with Crippen molar-refractivity contribution in [2.45, 2.75) is 19.4 Å². The first-order valence-corrected chi connectivity index (χ1v) is 9.48. The summed E-state index contributed by atoms with van der Waals surface area (Å²) in [6, 6.07) is 16.4. The average molecular weight is 391 g/mol. The zero-order valence-electron chi connectivity index (χ0n) is 15.8. The van der Waals surface area contributed by atoms with Crippen molar-refractivity contribution in [1.82, 2.24) is 15.3 Å². The fraction of sp³-hybridized carbons (Fsp3) is 0.227. The van der Waals surface area contributed by atoms with Crippen LogP contribution in [-0.4, -0.2) is 29.1 Å². The molecule has 1 aliphatic heterocycles. The molecule has 0 unspecified atom stereocenters. The second kappa shape index (κ2) is 8.60. The second-order valence-electron chi connectivity index (χ2n) is 6.73. The first-order valence-electron chi connectivity index (χ1n) is 9.48. The summed E-state index contributed by atoms with van der Waals surface area (Å²) in [4.78, 5) is 31.4. The molecule has 1 amide bonds. The van der Waals surface area contributed by atoms with E-state index in [4.69, 9.17) is 9.47 Å². The molecule has 4 rings (SSSR count). The summed E-state index contributed by atoms with van der Waals surface area (Å²) < 4.78 is 11.3. The average Bonchev–Trinajstić information content (AvgIpc) is 2.97. The number of carbonyl (C=O) groups excluding carboxylic acids is 1. The molecule has 1 aromatic heterocycles. The molecule has 3 aromatic rings. The van der Waals surface area contributed by atoms with Crippen LogP contribution in [0.1, 0.15) is 17.8 Å². The SMILES string of the molecule is O=C(Cc1nc(-c2ccccc2)cc(=O)[nH]1)NCc1ccc2c(c1)OCCCO2. The van der Waals surface area contributed by atoms with Gasteiger partial charge in [-0.05, 0) is 17.7 Å². The van der Waals surface area contributed by atoms with Crippen molar-refractivity contribution in [2.75, 3.05) is 13.2 Å². The largest absolute Gasteiger partial charge is 0.490 e. The van der Waals surface area contributed by atoms with Crippen molar-refractivity contribution in [2.24, 2.45) is 0 Å². The minimum Gasteiger partial charge on any atom is -0.490 e. The summed E-state index contributed by atoms with van der Waals surface area (Å²) in [5, 5.41) is 2.85. The van der Waals surface area contributed by atoms with Crippen LogP contribution in [0, 0.1) is 0 Å². The van der Waals surface area contributed by atoms with E-state index in [2.05, 4.69) is 15.3 Å². The predicted octanol–water partition coefficient (Wildman–Crippen LogP) is 2.46. The standard InChI is InChI=1S/C22H21N3O4/c26-21(23-14-15-7-8-18-19(11-15)29-10-4-9-28-18)13-20-24-17(12-22(27)25-20)16-5-2-1-3-6-16/h1-3,5-8,11-12H,4,9-10,13-14H2,(H,23,26)(H,24,25,27). The van der Waals surface area contributed by atoms with Gasteiger partial charge in [-0.1, -0.05) is 36.4 Å². The number of rotatable bonds is 5. The number of carbonyl (C=O) groups is 1. The molecular weight excluding hydrogens is 370 g/mol. The van der Waals surface area contributed by atoms with Gasteiger partial charge in [0.15, 0.2) is 11.5 Å². The maximum absolute atomic E-state index is 12.4. The van der Waals surface area contributed by atoms with Crippen LogP contribution in [0.3, 0.4) is 0 Å².